The van der Waals surface area contributed by atoms with Crippen LogP contribution < -0.4 is 10.6 Å². The average Bonchev–Trinajstić information content (AvgIpc) is 2.63. The summed E-state index contributed by atoms with van der Waals surface area (Å²) in [4.78, 5) is 15.9. The van der Waals surface area contributed by atoms with Crippen LogP contribution in [0.15, 0.2) is 10.9 Å². The summed E-state index contributed by atoms with van der Waals surface area (Å²) in [5.41, 5.74) is 2.57. The second-order valence-electron chi connectivity index (χ2n) is 4.82. The van der Waals surface area contributed by atoms with Gasteiger partial charge in [-0.1, -0.05) is 0 Å². The molecule has 0 spiro atoms. The number of carbonyl (C=O) groups is 1. The minimum atomic E-state index is -0.207. The van der Waals surface area contributed by atoms with Gasteiger partial charge >= 0.3 is 0 Å². The molecule has 2 N–H and O–H groups in total. The molecule has 90 valence electrons. The van der Waals surface area contributed by atoms with E-state index in [4.69, 9.17) is 0 Å². The van der Waals surface area contributed by atoms with Crippen molar-refractivity contribution < 1.29 is 4.79 Å². The van der Waals surface area contributed by atoms with Crippen molar-refractivity contribution in [2.45, 2.75) is 45.8 Å². The minimum Gasteiger partial charge on any atom is -0.350 e. The van der Waals surface area contributed by atoms with Crippen LogP contribution in [-0.2, 0) is 11.3 Å². The molecule has 0 radical (unpaired) electrons. The number of hydrogen-bond acceptors (Lipinski definition) is 4. The molecule has 1 heterocycles. The van der Waals surface area contributed by atoms with E-state index in [0.29, 0.717) is 6.54 Å². The average molecular weight is 241 g/mol. The van der Waals surface area contributed by atoms with Crippen LogP contribution >= 0.6 is 11.3 Å². The summed E-state index contributed by atoms with van der Waals surface area (Å²) in [6.07, 6.45) is 0. The molecule has 16 heavy (non-hydrogen) atoms. The molecule has 0 fully saturated rings. The summed E-state index contributed by atoms with van der Waals surface area (Å²) < 4.78 is 0. The van der Waals surface area contributed by atoms with Gasteiger partial charge in [0.05, 0.1) is 17.2 Å². The monoisotopic (exact) mass is 241 g/mol. The first-order chi connectivity index (χ1) is 7.38. The Hall–Kier alpha value is -0.940. The van der Waals surface area contributed by atoms with Gasteiger partial charge in [-0.3, -0.25) is 4.79 Å². The second kappa shape index (κ2) is 5.41. The Kier molecular flexibility index (Phi) is 4.44. The Morgan fingerprint density at radius 1 is 1.56 bits per heavy atom. The van der Waals surface area contributed by atoms with Crippen LogP contribution in [0.3, 0.4) is 0 Å². The van der Waals surface area contributed by atoms with E-state index >= 15 is 0 Å². The molecular weight excluding hydrogens is 222 g/mol. The Balaban J connectivity index is 2.35. The summed E-state index contributed by atoms with van der Waals surface area (Å²) >= 11 is 1.56. The van der Waals surface area contributed by atoms with Crippen molar-refractivity contribution in [1.82, 2.24) is 15.6 Å². The zero-order valence-electron chi connectivity index (χ0n) is 10.2. The molecule has 0 saturated carbocycles. The quantitative estimate of drug-likeness (QED) is 0.840. The van der Waals surface area contributed by atoms with Gasteiger partial charge < -0.3 is 10.6 Å². The smallest absolute Gasteiger partial charge is 0.237 e. The number of nitrogens with zero attached hydrogens (tertiary/aromatic N) is 1. The van der Waals surface area contributed by atoms with E-state index < -0.39 is 0 Å². The number of amides is 1. The highest BCUT2D eigenvalue weighted by atomic mass is 32.1. The molecule has 5 heteroatoms. The minimum absolute atomic E-state index is 0.0164. The van der Waals surface area contributed by atoms with Crippen LogP contribution in [0.5, 0.6) is 0 Å². The molecule has 1 unspecified atom stereocenters. The van der Waals surface area contributed by atoms with E-state index in [2.05, 4.69) is 15.6 Å². The lowest BCUT2D eigenvalue weighted by Crippen LogP contribution is -2.49. The maximum absolute atomic E-state index is 11.7. The summed E-state index contributed by atoms with van der Waals surface area (Å²) in [7, 11) is 0. The third-order valence-electron chi connectivity index (χ3n) is 1.96. The predicted molar refractivity (Wildman–Crippen MR) is 66.3 cm³/mol. The van der Waals surface area contributed by atoms with Crippen molar-refractivity contribution in [2.24, 2.45) is 0 Å². The second-order valence-corrected chi connectivity index (χ2v) is 5.54. The van der Waals surface area contributed by atoms with Crippen molar-refractivity contribution >= 4 is 17.2 Å². The molecule has 0 bridgehead atoms. The fourth-order valence-electron chi connectivity index (χ4n) is 1.15. The normalized spacial score (nSPS) is 13.5. The summed E-state index contributed by atoms with van der Waals surface area (Å²) in [5.74, 6) is 0.0164. The number of nitrogens with one attached hydrogen (secondary N) is 2. The van der Waals surface area contributed by atoms with Crippen LogP contribution in [0.1, 0.15) is 33.4 Å². The summed E-state index contributed by atoms with van der Waals surface area (Å²) in [6, 6.07) is -0.207. The third kappa shape index (κ3) is 4.72. The van der Waals surface area contributed by atoms with Crippen LogP contribution in [0, 0.1) is 0 Å². The standard InChI is InChI=1S/C11H19N3OS/c1-8(10(15)14-11(2,3)4)12-5-9-6-16-7-13-9/h6-8,12H,5H2,1-4H3,(H,14,15). The van der Waals surface area contributed by atoms with Crippen molar-refractivity contribution in [1.29, 1.82) is 0 Å². The predicted octanol–water partition coefficient (Wildman–Crippen LogP) is 1.54. The van der Waals surface area contributed by atoms with Gasteiger partial charge in [0, 0.05) is 17.5 Å². The number of aromatic nitrogens is 1. The van der Waals surface area contributed by atoms with E-state index in [1.807, 2.05) is 33.1 Å². The molecular formula is C11H19N3OS. The maximum Gasteiger partial charge on any atom is 0.237 e. The molecule has 1 aromatic heterocycles. The molecule has 1 atom stereocenters. The van der Waals surface area contributed by atoms with Crippen molar-refractivity contribution in [3.63, 3.8) is 0 Å². The number of rotatable bonds is 4. The Bertz CT molecular complexity index is 329. The molecule has 1 aromatic rings. The highest BCUT2D eigenvalue weighted by Crippen LogP contribution is 2.02. The molecule has 0 aliphatic carbocycles. The molecule has 0 saturated heterocycles. The van der Waals surface area contributed by atoms with Gasteiger partial charge in [-0.2, -0.15) is 0 Å². The summed E-state index contributed by atoms with van der Waals surface area (Å²) in [6.45, 7) is 8.39. The SMILES string of the molecule is CC(NCc1cscn1)C(=O)NC(C)(C)C. The lowest BCUT2D eigenvalue weighted by Gasteiger charge is -2.23. The number of hydrogen-bond donors (Lipinski definition) is 2. The molecule has 1 rings (SSSR count). The topological polar surface area (TPSA) is 54.0 Å². The van der Waals surface area contributed by atoms with Gasteiger partial charge in [-0.05, 0) is 27.7 Å². The first-order valence-electron chi connectivity index (χ1n) is 5.31. The largest absolute Gasteiger partial charge is 0.350 e. The van der Waals surface area contributed by atoms with E-state index in [9.17, 15) is 4.79 Å². The van der Waals surface area contributed by atoms with E-state index in [1.54, 1.807) is 16.8 Å². The van der Waals surface area contributed by atoms with Crippen LogP contribution in [0.25, 0.3) is 0 Å². The van der Waals surface area contributed by atoms with Gasteiger partial charge in [-0.15, -0.1) is 11.3 Å². The van der Waals surface area contributed by atoms with Crippen molar-refractivity contribution in [2.75, 3.05) is 0 Å². The van der Waals surface area contributed by atoms with Crippen LogP contribution in [0.4, 0.5) is 0 Å². The van der Waals surface area contributed by atoms with Crippen molar-refractivity contribution in [3.05, 3.63) is 16.6 Å². The van der Waals surface area contributed by atoms with Gasteiger partial charge in [0.25, 0.3) is 0 Å². The number of thiazole rings is 1. The fourth-order valence-corrected chi connectivity index (χ4v) is 1.71. The number of carbonyl (C=O) groups excluding carboxylic acids is 1. The van der Waals surface area contributed by atoms with Gasteiger partial charge in [0.2, 0.25) is 5.91 Å². The van der Waals surface area contributed by atoms with Crippen LogP contribution in [-0.4, -0.2) is 22.5 Å². The highest BCUT2D eigenvalue weighted by Gasteiger charge is 2.18. The lowest BCUT2D eigenvalue weighted by atomic mass is 10.1. The Morgan fingerprint density at radius 2 is 2.25 bits per heavy atom. The Morgan fingerprint density at radius 3 is 2.75 bits per heavy atom. The maximum atomic E-state index is 11.7. The van der Waals surface area contributed by atoms with E-state index in [0.717, 1.165) is 5.69 Å². The zero-order chi connectivity index (χ0) is 12.2. The Labute approximate surface area is 100 Å². The molecule has 4 nitrogen and oxygen atoms in total. The van der Waals surface area contributed by atoms with Crippen molar-refractivity contribution in [3.8, 4) is 0 Å². The third-order valence-corrected chi connectivity index (χ3v) is 2.60. The first kappa shape index (κ1) is 13.1. The first-order valence-corrected chi connectivity index (χ1v) is 6.25. The van der Waals surface area contributed by atoms with Gasteiger partial charge in [0.15, 0.2) is 0 Å². The fraction of sp³-hybridized carbons (Fsp3) is 0.636. The van der Waals surface area contributed by atoms with E-state index in [-0.39, 0.29) is 17.5 Å². The highest BCUT2D eigenvalue weighted by molar-refractivity contribution is 7.07. The van der Waals surface area contributed by atoms with Gasteiger partial charge in [0.1, 0.15) is 0 Å². The van der Waals surface area contributed by atoms with Gasteiger partial charge in [-0.25, -0.2) is 4.98 Å². The molecule has 0 aromatic carbocycles. The van der Waals surface area contributed by atoms with E-state index in [1.165, 1.54) is 0 Å². The molecule has 1 amide bonds. The zero-order valence-corrected chi connectivity index (χ0v) is 11.0. The summed E-state index contributed by atoms with van der Waals surface area (Å²) in [5, 5.41) is 8.04. The lowest BCUT2D eigenvalue weighted by molar-refractivity contribution is -0.124. The molecule has 0 aliphatic rings. The molecule has 0 aliphatic heterocycles. The van der Waals surface area contributed by atoms with Crippen LogP contribution in [0.2, 0.25) is 0 Å².